The molecule has 0 atom stereocenters. The van der Waals surface area contributed by atoms with Gasteiger partial charge in [0.2, 0.25) is 0 Å². The Labute approximate surface area is 115 Å². The Bertz CT molecular complexity index is 217. The number of carbonyl (C=O) groups is 1. The maximum Gasteiger partial charge on any atom is 0.407 e. The highest BCUT2D eigenvalue weighted by molar-refractivity contribution is 6.17. The smallest absolute Gasteiger partial charge is 0.407 e. The van der Waals surface area contributed by atoms with Gasteiger partial charge in [0.1, 0.15) is 5.60 Å². The van der Waals surface area contributed by atoms with E-state index in [4.69, 9.17) is 21.1 Å². The Morgan fingerprint density at radius 1 is 1.11 bits per heavy atom. The monoisotopic (exact) mass is 279 g/mol. The molecule has 0 saturated heterocycles. The molecule has 0 aromatic carbocycles. The summed E-state index contributed by atoms with van der Waals surface area (Å²) in [5.74, 6) is 0.722. The average molecular weight is 280 g/mol. The van der Waals surface area contributed by atoms with Gasteiger partial charge in [-0.25, -0.2) is 4.79 Å². The van der Waals surface area contributed by atoms with Crippen LogP contribution in [0, 0.1) is 0 Å². The molecule has 0 bridgehead atoms. The van der Waals surface area contributed by atoms with Gasteiger partial charge in [-0.1, -0.05) is 0 Å². The van der Waals surface area contributed by atoms with Gasteiger partial charge < -0.3 is 14.8 Å². The number of alkyl carbamates (subject to hydrolysis) is 1. The molecule has 0 aliphatic heterocycles. The Morgan fingerprint density at radius 2 is 1.78 bits per heavy atom. The first kappa shape index (κ1) is 17.5. The Hall–Kier alpha value is -0.480. The fourth-order valence-electron chi connectivity index (χ4n) is 1.26. The number of rotatable bonds is 9. The quantitative estimate of drug-likeness (QED) is 0.520. The first-order valence-corrected chi connectivity index (χ1v) is 7.10. The van der Waals surface area contributed by atoms with E-state index in [-0.39, 0.29) is 6.09 Å². The van der Waals surface area contributed by atoms with Crippen LogP contribution in [0.4, 0.5) is 4.79 Å². The molecule has 0 aliphatic rings. The highest BCUT2D eigenvalue weighted by atomic mass is 35.5. The highest BCUT2D eigenvalue weighted by Gasteiger charge is 2.15. The summed E-state index contributed by atoms with van der Waals surface area (Å²) < 4.78 is 10.5. The maximum absolute atomic E-state index is 11.3. The molecule has 0 aromatic heterocycles. The van der Waals surface area contributed by atoms with Crippen molar-refractivity contribution in [3.63, 3.8) is 0 Å². The molecule has 4 nitrogen and oxygen atoms in total. The third kappa shape index (κ3) is 13.6. The molecule has 0 spiro atoms. The van der Waals surface area contributed by atoms with Crippen LogP contribution >= 0.6 is 11.6 Å². The fourth-order valence-corrected chi connectivity index (χ4v) is 1.45. The van der Waals surface area contributed by atoms with Gasteiger partial charge in [0.05, 0.1) is 0 Å². The number of ether oxygens (including phenoxy) is 2. The summed E-state index contributed by atoms with van der Waals surface area (Å²) in [6, 6.07) is 0. The normalized spacial score (nSPS) is 11.3. The van der Waals surface area contributed by atoms with E-state index >= 15 is 0 Å². The van der Waals surface area contributed by atoms with Gasteiger partial charge in [-0.3, -0.25) is 0 Å². The number of unbranched alkanes of at least 4 members (excludes halogenated alkanes) is 2. The molecule has 0 radical (unpaired) electrons. The predicted octanol–water partition coefficient (Wildman–Crippen LogP) is 3.33. The van der Waals surface area contributed by atoms with E-state index < -0.39 is 5.60 Å². The minimum absolute atomic E-state index is 0.371. The number of carbonyl (C=O) groups excluding carboxylic acids is 1. The number of amides is 1. The lowest BCUT2D eigenvalue weighted by Crippen LogP contribution is -2.33. The molecule has 5 heteroatoms. The van der Waals surface area contributed by atoms with Crippen molar-refractivity contribution in [1.29, 1.82) is 0 Å². The van der Waals surface area contributed by atoms with Gasteiger partial charge in [0.15, 0.2) is 0 Å². The van der Waals surface area contributed by atoms with Gasteiger partial charge in [-0.05, 0) is 46.5 Å². The maximum atomic E-state index is 11.3. The van der Waals surface area contributed by atoms with E-state index in [0.717, 1.165) is 38.2 Å². The second-order valence-corrected chi connectivity index (χ2v) is 5.52. The van der Waals surface area contributed by atoms with Gasteiger partial charge in [-0.15, -0.1) is 11.6 Å². The predicted molar refractivity (Wildman–Crippen MR) is 74.2 cm³/mol. The second-order valence-electron chi connectivity index (χ2n) is 5.14. The third-order valence-electron chi connectivity index (χ3n) is 2.06. The van der Waals surface area contributed by atoms with E-state index in [1.165, 1.54) is 0 Å². The number of halogens is 1. The van der Waals surface area contributed by atoms with Gasteiger partial charge in [0, 0.05) is 25.6 Å². The van der Waals surface area contributed by atoms with Crippen LogP contribution in [0.3, 0.4) is 0 Å². The molecule has 0 aromatic rings. The van der Waals surface area contributed by atoms with E-state index in [1.807, 2.05) is 20.8 Å². The van der Waals surface area contributed by atoms with Crippen molar-refractivity contribution in [2.75, 3.05) is 25.6 Å². The Balaban J connectivity index is 3.23. The van der Waals surface area contributed by atoms with Crippen molar-refractivity contribution in [3.8, 4) is 0 Å². The molecule has 0 fully saturated rings. The van der Waals surface area contributed by atoms with Crippen LogP contribution in [-0.2, 0) is 9.47 Å². The molecular weight excluding hydrogens is 254 g/mol. The molecule has 108 valence electrons. The van der Waals surface area contributed by atoms with Crippen molar-refractivity contribution < 1.29 is 14.3 Å². The molecule has 0 saturated carbocycles. The van der Waals surface area contributed by atoms with Crippen LogP contribution in [0.15, 0.2) is 0 Å². The topological polar surface area (TPSA) is 47.6 Å². The molecule has 1 N–H and O–H groups in total. The first-order chi connectivity index (χ1) is 8.45. The molecule has 0 unspecified atom stereocenters. The zero-order valence-electron chi connectivity index (χ0n) is 11.8. The molecule has 1 amide bonds. The minimum atomic E-state index is -0.441. The summed E-state index contributed by atoms with van der Waals surface area (Å²) in [5, 5.41) is 2.69. The zero-order chi connectivity index (χ0) is 13.9. The molecule has 18 heavy (non-hydrogen) atoms. The second kappa shape index (κ2) is 10.4. The molecular formula is C13H26ClNO3. The third-order valence-corrected chi connectivity index (χ3v) is 2.32. The van der Waals surface area contributed by atoms with Crippen LogP contribution in [0.2, 0.25) is 0 Å². The molecule has 0 aliphatic carbocycles. The highest BCUT2D eigenvalue weighted by Crippen LogP contribution is 2.06. The van der Waals surface area contributed by atoms with Crippen molar-refractivity contribution >= 4 is 17.7 Å². The van der Waals surface area contributed by atoms with E-state index in [9.17, 15) is 4.79 Å². The van der Waals surface area contributed by atoms with Gasteiger partial charge in [-0.2, -0.15) is 0 Å². The summed E-state index contributed by atoms with van der Waals surface area (Å²) >= 11 is 5.57. The van der Waals surface area contributed by atoms with Crippen LogP contribution < -0.4 is 5.32 Å². The van der Waals surface area contributed by atoms with Crippen LogP contribution in [0.1, 0.15) is 46.5 Å². The Morgan fingerprint density at radius 3 is 2.39 bits per heavy atom. The van der Waals surface area contributed by atoms with E-state index in [0.29, 0.717) is 13.2 Å². The summed E-state index contributed by atoms with van der Waals surface area (Å²) in [4.78, 5) is 11.3. The van der Waals surface area contributed by atoms with Crippen molar-refractivity contribution in [1.82, 2.24) is 5.32 Å². The van der Waals surface area contributed by atoms with Gasteiger partial charge in [0.25, 0.3) is 0 Å². The zero-order valence-corrected chi connectivity index (χ0v) is 12.5. The number of hydrogen-bond donors (Lipinski definition) is 1. The van der Waals surface area contributed by atoms with Crippen LogP contribution in [0.25, 0.3) is 0 Å². The van der Waals surface area contributed by atoms with Crippen molar-refractivity contribution in [2.45, 2.75) is 52.1 Å². The number of hydrogen-bond acceptors (Lipinski definition) is 3. The van der Waals surface area contributed by atoms with Gasteiger partial charge >= 0.3 is 6.09 Å². The SMILES string of the molecule is CC(C)(C)OC(=O)NCCCOCCCCCCl. The largest absolute Gasteiger partial charge is 0.444 e. The summed E-state index contributed by atoms with van der Waals surface area (Å²) in [7, 11) is 0. The fraction of sp³-hybridized carbons (Fsp3) is 0.923. The summed E-state index contributed by atoms with van der Waals surface area (Å²) in [5.41, 5.74) is -0.441. The van der Waals surface area contributed by atoms with Crippen molar-refractivity contribution in [3.05, 3.63) is 0 Å². The van der Waals surface area contributed by atoms with Crippen LogP contribution in [0.5, 0.6) is 0 Å². The van der Waals surface area contributed by atoms with E-state index in [2.05, 4.69) is 5.32 Å². The average Bonchev–Trinajstić information content (AvgIpc) is 2.24. The molecule has 0 rings (SSSR count). The number of nitrogens with one attached hydrogen (secondary N) is 1. The standard InChI is InChI=1S/C13H26ClNO3/c1-13(2,3)18-12(16)15-9-7-11-17-10-6-4-5-8-14/h4-11H2,1-3H3,(H,15,16). The lowest BCUT2D eigenvalue weighted by Gasteiger charge is -2.19. The Kier molecular flexibility index (Phi) is 10.2. The molecule has 0 heterocycles. The summed E-state index contributed by atoms with van der Waals surface area (Å²) in [6.45, 7) is 7.54. The van der Waals surface area contributed by atoms with Crippen molar-refractivity contribution in [2.24, 2.45) is 0 Å². The van der Waals surface area contributed by atoms with E-state index in [1.54, 1.807) is 0 Å². The first-order valence-electron chi connectivity index (χ1n) is 6.56. The number of alkyl halides is 1. The lowest BCUT2D eigenvalue weighted by molar-refractivity contribution is 0.0519. The summed E-state index contributed by atoms with van der Waals surface area (Å²) in [6.07, 6.45) is 3.63. The minimum Gasteiger partial charge on any atom is -0.444 e. The van der Waals surface area contributed by atoms with Crippen LogP contribution in [-0.4, -0.2) is 37.3 Å². The lowest BCUT2D eigenvalue weighted by atomic mass is 10.2.